The highest BCUT2D eigenvalue weighted by atomic mass is 35.5. The Morgan fingerprint density at radius 1 is 1.67 bits per heavy atom. The maximum atomic E-state index is 9.19. The van der Waals surface area contributed by atoms with E-state index in [1.807, 2.05) is 0 Å². The molecule has 0 aliphatic carbocycles. The Labute approximate surface area is 76.2 Å². The molecule has 4 heteroatoms. The lowest BCUT2D eigenvalue weighted by atomic mass is 10.1. The third-order valence-corrected chi connectivity index (χ3v) is 1.98. The van der Waals surface area contributed by atoms with Crippen molar-refractivity contribution >= 4 is 11.6 Å². The number of aliphatic hydroxyl groups excluding tert-OH is 1. The first kappa shape index (κ1) is 9.45. The second-order valence-corrected chi connectivity index (χ2v) is 3.01. The molecule has 0 amide bonds. The van der Waals surface area contributed by atoms with Gasteiger partial charge < -0.3 is 10.8 Å². The fraction of sp³-hybridized carbons (Fsp3) is 0.375. The van der Waals surface area contributed by atoms with Gasteiger partial charge in [-0.25, -0.2) is 4.98 Å². The fourth-order valence-corrected chi connectivity index (χ4v) is 1.15. The molecule has 0 spiro atoms. The minimum Gasteiger partial charge on any atom is -0.391 e. The smallest absolute Gasteiger partial charge is 0.133 e. The van der Waals surface area contributed by atoms with Gasteiger partial charge in [0.25, 0.3) is 0 Å². The molecule has 2 atom stereocenters. The van der Waals surface area contributed by atoms with E-state index in [1.54, 1.807) is 25.3 Å². The van der Waals surface area contributed by atoms with Crippen LogP contribution in [0.1, 0.15) is 18.5 Å². The van der Waals surface area contributed by atoms with E-state index in [0.717, 1.165) is 0 Å². The van der Waals surface area contributed by atoms with Crippen LogP contribution in [0, 0.1) is 0 Å². The Kier molecular flexibility index (Phi) is 3.03. The molecule has 3 nitrogen and oxygen atoms in total. The maximum Gasteiger partial charge on any atom is 0.133 e. The van der Waals surface area contributed by atoms with Gasteiger partial charge in [-0.05, 0) is 13.0 Å². The highest BCUT2D eigenvalue weighted by Crippen LogP contribution is 2.20. The van der Waals surface area contributed by atoms with Crippen LogP contribution in [0.5, 0.6) is 0 Å². The van der Waals surface area contributed by atoms with Gasteiger partial charge in [-0.3, -0.25) is 0 Å². The van der Waals surface area contributed by atoms with Crippen molar-refractivity contribution < 1.29 is 5.11 Å². The Hall–Kier alpha value is -0.640. The van der Waals surface area contributed by atoms with Crippen LogP contribution >= 0.6 is 11.6 Å². The molecule has 0 aliphatic heterocycles. The van der Waals surface area contributed by atoms with Gasteiger partial charge in [-0.1, -0.05) is 17.7 Å². The first-order valence-corrected chi connectivity index (χ1v) is 4.04. The van der Waals surface area contributed by atoms with Gasteiger partial charge in [0.05, 0.1) is 12.1 Å². The molecule has 0 aromatic carbocycles. The molecule has 0 bridgehead atoms. The summed E-state index contributed by atoms with van der Waals surface area (Å²) in [4.78, 5) is 3.86. The highest BCUT2D eigenvalue weighted by Gasteiger charge is 2.14. The Balaban J connectivity index is 2.94. The van der Waals surface area contributed by atoms with Crippen LogP contribution in [-0.2, 0) is 0 Å². The van der Waals surface area contributed by atoms with Crippen LogP contribution < -0.4 is 5.73 Å². The lowest BCUT2D eigenvalue weighted by Crippen LogP contribution is -2.23. The lowest BCUT2D eigenvalue weighted by Gasteiger charge is -2.15. The molecule has 1 rings (SSSR count). The predicted molar refractivity (Wildman–Crippen MR) is 47.9 cm³/mol. The second-order valence-electron chi connectivity index (χ2n) is 2.65. The van der Waals surface area contributed by atoms with E-state index in [-0.39, 0.29) is 0 Å². The number of aromatic nitrogens is 1. The molecule has 12 heavy (non-hydrogen) atoms. The number of hydrogen-bond acceptors (Lipinski definition) is 3. The van der Waals surface area contributed by atoms with E-state index in [2.05, 4.69) is 4.98 Å². The molecular weight excluding hydrogens is 176 g/mol. The topological polar surface area (TPSA) is 59.1 Å². The number of hydrogen-bond donors (Lipinski definition) is 2. The average molecular weight is 187 g/mol. The van der Waals surface area contributed by atoms with Gasteiger partial charge in [-0.15, -0.1) is 0 Å². The van der Waals surface area contributed by atoms with Crippen molar-refractivity contribution in [3.8, 4) is 0 Å². The van der Waals surface area contributed by atoms with Gasteiger partial charge in [-0.2, -0.15) is 0 Å². The van der Waals surface area contributed by atoms with Crippen LogP contribution in [-0.4, -0.2) is 16.2 Å². The monoisotopic (exact) mass is 186 g/mol. The summed E-state index contributed by atoms with van der Waals surface area (Å²) in [5.41, 5.74) is 6.34. The van der Waals surface area contributed by atoms with Gasteiger partial charge in [0.15, 0.2) is 0 Å². The summed E-state index contributed by atoms with van der Waals surface area (Å²) in [6.07, 6.45) is 0.965. The molecule has 3 N–H and O–H groups in total. The summed E-state index contributed by atoms with van der Waals surface area (Å²) in [7, 11) is 0. The van der Waals surface area contributed by atoms with Gasteiger partial charge in [0.2, 0.25) is 0 Å². The number of pyridine rings is 1. The lowest BCUT2D eigenvalue weighted by molar-refractivity contribution is 0.164. The van der Waals surface area contributed by atoms with Crippen LogP contribution in [0.4, 0.5) is 0 Å². The molecule has 0 fully saturated rings. The highest BCUT2D eigenvalue weighted by molar-refractivity contribution is 6.30. The quantitative estimate of drug-likeness (QED) is 0.681. The number of nitrogens with zero attached hydrogens (tertiary/aromatic N) is 1. The number of halogens is 1. The average Bonchev–Trinajstić information content (AvgIpc) is 2.04. The fourth-order valence-electron chi connectivity index (χ4n) is 0.907. The van der Waals surface area contributed by atoms with Gasteiger partial charge in [0.1, 0.15) is 5.15 Å². The van der Waals surface area contributed by atoms with E-state index >= 15 is 0 Å². The zero-order chi connectivity index (χ0) is 9.14. The molecule has 0 saturated heterocycles. The minimum absolute atomic E-state index is 0.353. The molecule has 0 radical (unpaired) electrons. The van der Waals surface area contributed by atoms with Crippen molar-refractivity contribution in [2.75, 3.05) is 0 Å². The maximum absolute atomic E-state index is 9.19. The summed E-state index contributed by atoms with van der Waals surface area (Å²) in [6.45, 7) is 1.62. The van der Waals surface area contributed by atoms with E-state index in [4.69, 9.17) is 17.3 Å². The zero-order valence-corrected chi connectivity index (χ0v) is 7.49. The summed E-state index contributed by atoms with van der Waals surface area (Å²) >= 11 is 5.76. The SMILES string of the molecule is CC(O)[C@H](N)c1cccnc1Cl. The summed E-state index contributed by atoms with van der Waals surface area (Å²) in [5, 5.41) is 9.54. The number of nitrogens with two attached hydrogens (primary N) is 1. The second kappa shape index (κ2) is 3.85. The molecule has 1 heterocycles. The van der Waals surface area contributed by atoms with E-state index < -0.39 is 12.1 Å². The van der Waals surface area contributed by atoms with Crippen LogP contribution in [0.25, 0.3) is 0 Å². The normalized spacial score (nSPS) is 15.7. The van der Waals surface area contributed by atoms with Crippen LogP contribution in [0.2, 0.25) is 5.15 Å². The van der Waals surface area contributed by atoms with Gasteiger partial charge >= 0.3 is 0 Å². The molecule has 1 aromatic rings. The van der Waals surface area contributed by atoms with Crippen LogP contribution in [0.3, 0.4) is 0 Å². The van der Waals surface area contributed by atoms with E-state index in [0.29, 0.717) is 10.7 Å². The first-order valence-electron chi connectivity index (χ1n) is 3.67. The Morgan fingerprint density at radius 3 is 2.83 bits per heavy atom. The Bertz CT molecular complexity index is 265. The largest absolute Gasteiger partial charge is 0.391 e. The minimum atomic E-state index is -0.619. The summed E-state index contributed by atoms with van der Waals surface area (Å²) < 4.78 is 0. The molecule has 0 saturated carbocycles. The molecule has 66 valence electrons. The Morgan fingerprint density at radius 2 is 2.33 bits per heavy atom. The van der Waals surface area contributed by atoms with Crippen molar-refractivity contribution in [1.29, 1.82) is 0 Å². The molecule has 0 aliphatic rings. The van der Waals surface area contributed by atoms with E-state index in [9.17, 15) is 5.11 Å². The van der Waals surface area contributed by atoms with Crippen molar-refractivity contribution in [2.24, 2.45) is 5.73 Å². The van der Waals surface area contributed by atoms with Crippen molar-refractivity contribution in [1.82, 2.24) is 4.98 Å². The van der Waals surface area contributed by atoms with Crippen molar-refractivity contribution in [3.63, 3.8) is 0 Å². The van der Waals surface area contributed by atoms with Crippen LogP contribution in [0.15, 0.2) is 18.3 Å². The molecule has 1 unspecified atom stereocenters. The van der Waals surface area contributed by atoms with E-state index in [1.165, 1.54) is 0 Å². The third-order valence-electron chi connectivity index (χ3n) is 1.67. The number of aliphatic hydroxyl groups is 1. The predicted octanol–water partition coefficient (Wildman–Crippen LogP) is 1.12. The summed E-state index contributed by atoms with van der Waals surface area (Å²) in [5.74, 6) is 0. The molecular formula is C8H11ClN2O. The molecule has 1 aromatic heterocycles. The first-order chi connectivity index (χ1) is 5.63. The van der Waals surface area contributed by atoms with Gasteiger partial charge in [0, 0.05) is 11.8 Å². The number of rotatable bonds is 2. The zero-order valence-electron chi connectivity index (χ0n) is 6.74. The third kappa shape index (κ3) is 1.94. The van der Waals surface area contributed by atoms with Crippen molar-refractivity contribution in [2.45, 2.75) is 19.1 Å². The summed E-state index contributed by atoms with van der Waals surface area (Å²) in [6, 6.07) is 3.03. The standard InChI is InChI=1S/C8H11ClN2O/c1-5(12)7(10)6-3-2-4-11-8(6)9/h2-5,7,12H,10H2,1H3/t5?,7-/m0/s1. The van der Waals surface area contributed by atoms with Crippen molar-refractivity contribution in [3.05, 3.63) is 29.0 Å².